The van der Waals surface area contributed by atoms with Crippen molar-refractivity contribution >= 4 is 21.8 Å². The summed E-state index contributed by atoms with van der Waals surface area (Å²) in [6, 6.07) is 0. The third kappa shape index (κ3) is 2.07. The molecule has 0 aliphatic rings. The first kappa shape index (κ1) is 9.25. The molecule has 0 saturated heterocycles. The lowest BCUT2D eigenvalue weighted by molar-refractivity contribution is 0.0948. The fourth-order valence-electron chi connectivity index (χ4n) is 0.758. The first-order valence-corrected chi connectivity index (χ1v) is 4.52. The Balaban J connectivity index is 2.59. The maximum absolute atomic E-state index is 11.3. The van der Waals surface area contributed by atoms with Gasteiger partial charge in [-0.15, -0.1) is 0 Å². The summed E-state index contributed by atoms with van der Waals surface area (Å²) in [5.41, 5.74) is 0.475. The number of hydrogen-bond donors (Lipinski definition) is 2. The minimum atomic E-state index is -0.124. The molecule has 1 heterocycles. The van der Waals surface area contributed by atoms with E-state index in [-0.39, 0.29) is 5.91 Å². The third-order valence-electron chi connectivity index (χ3n) is 1.36. The molecule has 0 aromatic carbocycles. The lowest BCUT2D eigenvalue weighted by Gasteiger charge is -2.00. The SMILES string of the molecule is CCCNC(=O)c1[nH]ncc1Br. The zero-order valence-corrected chi connectivity index (χ0v) is 8.31. The first-order chi connectivity index (χ1) is 5.75. The summed E-state index contributed by atoms with van der Waals surface area (Å²) in [5, 5.41) is 9.06. The van der Waals surface area contributed by atoms with Crippen LogP contribution in [0.25, 0.3) is 0 Å². The van der Waals surface area contributed by atoms with Crippen molar-refractivity contribution in [2.45, 2.75) is 13.3 Å². The standard InChI is InChI=1S/C7H10BrN3O/c1-2-3-9-7(12)6-5(8)4-10-11-6/h4H,2-3H2,1H3,(H,9,12)(H,10,11). The van der Waals surface area contributed by atoms with Gasteiger partial charge in [0.15, 0.2) is 0 Å². The Morgan fingerprint density at radius 3 is 3.08 bits per heavy atom. The Labute approximate surface area is 78.9 Å². The fourth-order valence-corrected chi connectivity index (χ4v) is 1.13. The Bertz CT molecular complexity index is 271. The smallest absolute Gasteiger partial charge is 0.270 e. The van der Waals surface area contributed by atoms with Crippen molar-refractivity contribution in [3.63, 3.8) is 0 Å². The average Bonchev–Trinajstić information content (AvgIpc) is 2.47. The van der Waals surface area contributed by atoms with E-state index in [4.69, 9.17) is 0 Å². The van der Waals surface area contributed by atoms with Crippen LogP contribution in [0, 0.1) is 0 Å². The van der Waals surface area contributed by atoms with Gasteiger partial charge in [0.05, 0.1) is 10.7 Å². The average molecular weight is 232 g/mol. The number of carbonyl (C=O) groups is 1. The molecule has 12 heavy (non-hydrogen) atoms. The van der Waals surface area contributed by atoms with Gasteiger partial charge in [-0.3, -0.25) is 9.89 Å². The molecular formula is C7H10BrN3O. The number of aromatic nitrogens is 2. The lowest BCUT2D eigenvalue weighted by Crippen LogP contribution is -2.24. The van der Waals surface area contributed by atoms with Crippen LogP contribution in [-0.2, 0) is 0 Å². The molecule has 5 heteroatoms. The van der Waals surface area contributed by atoms with Crippen molar-refractivity contribution in [1.82, 2.24) is 15.5 Å². The summed E-state index contributed by atoms with van der Waals surface area (Å²) in [4.78, 5) is 11.3. The molecule has 4 nitrogen and oxygen atoms in total. The molecule has 1 aromatic rings. The van der Waals surface area contributed by atoms with Gasteiger partial charge in [-0.25, -0.2) is 0 Å². The van der Waals surface area contributed by atoms with E-state index >= 15 is 0 Å². The molecule has 0 radical (unpaired) electrons. The first-order valence-electron chi connectivity index (χ1n) is 3.72. The van der Waals surface area contributed by atoms with E-state index in [0.717, 1.165) is 6.42 Å². The minimum Gasteiger partial charge on any atom is -0.351 e. The molecule has 1 amide bonds. The Hall–Kier alpha value is -0.840. The number of amides is 1. The van der Waals surface area contributed by atoms with Crippen molar-refractivity contribution in [1.29, 1.82) is 0 Å². The van der Waals surface area contributed by atoms with E-state index in [9.17, 15) is 4.79 Å². The highest BCUT2D eigenvalue weighted by Crippen LogP contribution is 2.11. The van der Waals surface area contributed by atoms with Crippen molar-refractivity contribution in [2.24, 2.45) is 0 Å². The number of nitrogens with zero attached hydrogens (tertiary/aromatic N) is 1. The van der Waals surface area contributed by atoms with E-state index in [1.807, 2.05) is 6.92 Å². The second-order valence-electron chi connectivity index (χ2n) is 2.35. The van der Waals surface area contributed by atoms with Crippen LogP contribution in [0.2, 0.25) is 0 Å². The molecule has 66 valence electrons. The number of nitrogens with one attached hydrogen (secondary N) is 2. The minimum absolute atomic E-state index is 0.124. The molecule has 0 spiro atoms. The summed E-state index contributed by atoms with van der Waals surface area (Å²) in [7, 11) is 0. The number of hydrogen-bond acceptors (Lipinski definition) is 2. The molecular weight excluding hydrogens is 222 g/mol. The van der Waals surface area contributed by atoms with Crippen LogP contribution in [0.1, 0.15) is 23.8 Å². The van der Waals surface area contributed by atoms with E-state index in [1.165, 1.54) is 0 Å². The zero-order valence-electron chi connectivity index (χ0n) is 6.72. The van der Waals surface area contributed by atoms with E-state index in [2.05, 4.69) is 31.4 Å². The van der Waals surface area contributed by atoms with Crippen LogP contribution in [0.4, 0.5) is 0 Å². The van der Waals surface area contributed by atoms with E-state index in [1.54, 1.807) is 6.20 Å². The molecule has 0 saturated carbocycles. The van der Waals surface area contributed by atoms with Crippen LogP contribution in [0.3, 0.4) is 0 Å². The number of halogens is 1. The third-order valence-corrected chi connectivity index (χ3v) is 1.96. The normalized spacial score (nSPS) is 9.83. The molecule has 1 rings (SSSR count). The van der Waals surface area contributed by atoms with E-state index in [0.29, 0.717) is 16.7 Å². The van der Waals surface area contributed by atoms with Crippen LogP contribution >= 0.6 is 15.9 Å². The van der Waals surface area contributed by atoms with Crippen molar-refractivity contribution in [3.05, 3.63) is 16.4 Å². The Morgan fingerprint density at radius 2 is 2.58 bits per heavy atom. The largest absolute Gasteiger partial charge is 0.351 e. The second-order valence-corrected chi connectivity index (χ2v) is 3.20. The van der Waals surface area contributed by atoms with Gasteiger partial charge < -0.3 is 5.32 Å². The predicted octanol–water partition coefficient (Wildman–Crippen LogP) is 1.31. The molecule has 0 aliphatic carbocycles. The molecule has 0 atom stereocenters. The van der Waals surface area contributed by atoms with Gasteiger partial charge in [-0.05, 0) is 22.4 Å². The van der Waals surface area contributed by atoms with Gasteiger partial charge in [0, 0.05) is 6.54 Å². The monoisotopic (exact) mass is 231 g/mol. The molecule has 0 bridgehead atoms. The number of carbonyl (C=O) groups excluding carboxylic acids is 1. The van der Waals surface area contributed by atoms with Crippen LogP contribution < -0.4 is 5.32 Å². The number of aromatic amines is 1. The Morgan fingerprint density at radius 1 is 1.83 bits per heavy atom. The van der Waals surface area contributed by atoms with E-state index < -0.39 is 0 Å². The molecule has 0 unspecified atom stereocenters. The maximum Gasteiger partial charge on any atom is 0.270 e. The lowest BCUT2D eigenvalue weighted by atomic mass is 10.4. The Kier molecular flexibility index (Phi) is 3.28. The maximum atomic E-state index is 11.3. The van der Waals surface area contributed by atoms with Crippen LogP contribution in [-0.4, -0.2) is 22.6 Å². The van der Waals surface area contributed by atoms with Crippen molar-refractivity contribution < 1.29 is 4.79 Å². The highest BCUT2D eigenvalue weighted by molar-refractivity contribution is 9.10. The van der Waals surface area contributed by atoms with Crippen molar-refractivity contribution in [3.8, 4) is 0 Å². The summed E-state index contributed by atoms with van der Waals surface area (Å²) in [5.74, 6) is -0.124. The van der Waals surface area contributed by atoms with Gasteiger partial charge in [-0.1, -0.05) is 6.92 Å². The fraction of sp³-hybridized carbons (Fsp3) is 0.429. The van der Waals surface area contributed by atoms with Gasteiger partial charge in [0.2, 0.25) is 0 Å². The van der Waals surface area contributed by atoms with Gasteiger partial charge in [0.1, 0.15) is 5.69 Å². The summed E-state index contributed by atoms with van der Waals surface area (Å²) in [6.07, 6.45) is 2.48. The van der Waals surface area contributed by atoms with Crippen LogP contribution in [0.5, 0.6) is 0 Å². The van der Waals surface area contributed by atoms with Crippen molar-refractivity contribution in [2.75, 3.05) is 6.54 Å². The highest BCUT2D eigenvalue weighted by Gasteiger charge is 2.09. The van der Waals surface area contributed by atoms with Gasteiger partial charge >= 0.3 is 0 Å². The topological polar surface area (TPSA) is 57.8 Å². The van der Waals surface area contributed by atoms with Gasteiger partial charge in [-0.2, -0.15) is 5.10 Å². The predicted molar refractivity (Wildman–Crippen MR) is 48.9 cm³/mol. The second kappa shape index (κ2) is 4.25. The molecule has 1 aromatic heterocycles. The number of rotatable bonds is 3. The number of H-pyrrole nitrogens is 1. The van der Waals surface area contributed by atoms with Crippen LogP contribution in [0.15, 0.2) is 10.7 Å². The quantitative estimate of drug-likeness (QED) is 0.825. The summed E-state index contributed by atoms with van der Waals surface area (Å²) >= 11 is 3.20. The molecule has 0 aliphatic heterocycles. The summed E-state index contributed by atoms with van der Waals surface area (Å²) < 4.78 is 0.691. The summed E-state index contributed by atoms with van der Waals surface area (Å²) in [6.45, 7) is 2.69. The highest BCUT2D eigenvalue weighted by atomic mass is 79.9. The molecule has 2 N–H and O–H groups in total. The van der Waals surface area contributed by atoms with Gasteiger partial charge in [0.25, 0.3) is 5.91 Å². The molecule has 0 fully saturated rings. The zero-order chi connectivity index (χ0) is 8.97.